The van der Waals surface area contributed by atoms with E-state index in [1.807, 2.05) is 20.8 Å². The first-order chi connectivity index (χ1) is 9.08. The van der Waals surface area contributed by atoms with Crippen molar-refractivity contribution in [2.24, 2.45) is 5.92 Å². The molecule has 0 aliphatic rings. The average Bonchev–Trinajstić information content (AvgIpc) is 2.85. The van der Waals surface area contributed by atoms with Gasteiger partial charge in [-0.25, -0.2) is 0 Å². The van der Waals surface area contributed by atoms with Gasteiger partial charge in [-0.3, -0.25) is 0 Å². The minimum absolute atomic E-state index is 0.0788. The summed E-state index contributed by atoms with van der Waals surface area (Å²) in [6, 6.07) is 2.24. The smallest absolute Gasteiger partial charge is 0.255 e. The minimum atomic E-state index is -0.0788. The lowest BCUT2D eigenvalue weighted by Gasteiger charge is -2.26. The lowest BCUT2D eigenvalue weighted by atomic mass is 10.2. The Balaban J connectivity index is 2.55. The molecule has 0 fully saturated rings. The summed E-state index contributed by atoms with van der Waals surface area (Å²) in [6.07, 6.45) is 1.45. The van der Waals surface area contributed by atoms with Crippen molar-refractivity contribution in [1.82, 2.24) is 19.6 Å². The Labute approximate surface area is 116 Å². The molecular formula is C12H15ClN6. The van der Waals surface area contributed by atoms with Gasteiger partial charge in [0.05, 0.1) is 12.0 Å². The average molecular weight is 279 g/mol. The quantitative estimate of drug-likeness (QED) is 0.801. The molecule has 0 spiro atoms. The number of anilines is 1. The molecule has 0 N–H and O–H groups in total. The van der Waals surface area contributed by atoms with Gasteiger partial charge in [-0.1, -0.05) is 11.6 Å². The van der Waals surface area contributed by atoms with Crippen LogP contribution < -0.4 is 4.90 Å². The van der Waals surface area contributed by atoms with Gasteiger partial charge in [0.25, 0.3) is 5.78 Å². The summed E-state index contributed by atoms with van der Waals surface area (Å²) in [5.74, 6) is 1.23. The maximum Gasteiger partial charge on any atom is 0.255 e. The fourth-order valence-corrected chi connectivity index (χ4v) is 2.15. The standard InChI is InChI=1S/C12H15ClN6/c1-4-18(6-8(2)5-14)11-9(3)10(13)17-12-15-7-16-19(11)12/h7-8H,4,6H2,1-3H3. The van der Waals surface area contributed by atoms with E-state index in [4.69, 9.17) is 16.9 Å². The van der Waals surface area contributed by atoms with Gasteiger partial charge in [0.15, 0.2) is 0 Å². The molecule has 2 heterocycles. The van der Waals surface area contributed by atoms with Crippen LogP contribution in [0.15, 0.2) is 6.33 Å². The Morgan fingerprint density at radius 1 is 1.58 bits per heavy atom. The van der Waals surface area contributed by atoms with Crippen LogP contribution in [0, 0.1) is 24.2 Å². The van der Waals surface area contributed by atoms with E-state index in [0.717, 1.165) is 17.9 Å². The number of hydrogen-bond donors (Lipinski definition) is 0. The van der Waals surface area contributed by atoms with Gasteiger partial charge >= 0.3 is 0 Å². The van der Waals surface area contributed by atoms with Crippen LogP contribution in [-0.2, 0) is 0 Å². The zero-order chi connectivity index (χ0) is 14.0. The molecule has 2 aromatic rings. The Hall–Kier alpha value is -1.87. The highest BCUT2D eigenvalue weighted by Gasteiger charge is 2.18. The Morgan fingerprint density at radius 3 is 2.95 bits per heavy atom. The van der Waals surface area contributed by atoms with E-state index in [-0.39, 0.29) is 5.92 Å². The monoisotopic (exact) mass is 278 g/mol. The normalized spacial score (nSPS) is 12.4. The summed E-state index contributed by atoms with van der Waals surface area (Å²) >= 11 is 6.14. The van der Waals surface area contributed by atoms with E-state index in [0.29, 0.717) is 17.5 Å². The first kappa shape index (κ1) is 13.6. The zero-order valence-corrected chi connectivity index (χ0v) is 11.9. The third-order valence-corrected chi connectivity index (χ3v) is 3.34. The maximum absolute atomic E-state index is 8.97. The van der Waals surface area contributed by atoms with Gasteiger partial charge in [-0.2, -0.15) is 24.8 Å². The van der Waals surface area contributed by atoms with Crippen LogP contribution in [-0.4, -0.2) is 32.7 Å². The molecule has 0 aromatic carbocycles. The molecule has 1 unspecified atom stereocenters. The molecule has 19 heavy (non-hydrogen) atoms. The first-order valence-corrected chi connectivity index (χ1v) is 6.46. The highest BCUT2D eigenvalue weighted by atomic mass is 35.5. The molecule has 0 bridgehead atoms. The second-order valence-electron chi connectivity index (χ2n) is 4.39. The Morgan fingerprint density at radius 2 is 2.32 bits per heavy atom. The number of fused-ring (bicyclic) bond motifs is 1. The number of aromatic nitrogens is 4. The van der Waals surface area contributed by atoms with E-state index >= 15 is 0 Å². The van der Waals surface area contributed by atoms with E-state index in [1.54, 1.807) is 4.52 Å². The highest BCUT2D eigenvalue weighted by molar-refractivity contribution is 6.30. The second kappa shape index (κ2) is 5.41. The summed E-state index contributed by atoms with van der Waals surface area (Å²) in [4.78, 5) is 10.3. The fraction of sp³-hybridized carbons (Fsp3) is 0.500. The molecule has 1 atom stereocenters. The molecule has 0 aliphatic heterocycles. The topological polar surface area (TPSA) is 70.1 Å². The van der Waals surface area contributed by atoms with Gasteiger partial charge in [0, 0.05) is 18.7 Å². The van der Waals surface area contributed by atoms with E-state index in [1.165, 1.54) is 6.33 Å². The number of rotatable bonds is 4. The van der Waals surface area contributed by atoms with Crippen LogP contribution in [0.5, 0.6) is 0 Å². The Kier molecular flexibility index (Phi) is 3.86. The first-order valence-electron chi connectivity index (χ1n) is 6.08. The lowest BCUT2D eigenvalue weighted by molar-refractivity contribution is 0.666. The third kappa shape index (κ3) is 2.47. The SMILES string of the molecule is CCN(CC(C)C#N)c1c(C)c(Cl)nc2ncnn12. The second-order valence-corrected chi connectivity index (χ2v) is 4.75. The van der Waals surface area contributed by atoms with Gasteiger partial charge < -0.3 is 4.90 Å². The van der Waals surface area contributed by atoms with Crippen molar-refractivity contribution in [3.05, 3.63) is 17.0 Å². The van der Waals surface area contributed by atoms with E-state index < -0.39 is 0 Å². The van der Waals surface area contributed by atoms with Crippen LogP contribution >= 0.6 is 11.6 Å². The summed E-state index contributed by atoms with van der Waals surface area (Å²) < 4.78 is 1.66. The lowest BCUT2D eigenvalue weighted by Crippen LogP contribution is -2.30. The molecule has 2 aromatic heterocycles. The molecule has 7 heteroatoms. The van der Waals surface area contributed by atoms with E-state index in [2.05, 4.69) is 26.0 Å². The third-order valence-electron chi connectivity index (χ3n) is 2.97. The van der Waals surface area contributed by atoms with Gasteiger partial charge in [0.1, 0.15) is 17.3 Å². The molecule has 0 radical (unpaired) electrons. The summed E-state index contributed by atoms with van der Waals surface area (Å²) in [6.45, 7) is 7.18. The summed E-state index contributed by atoms with van der Waals surface area (Å²) in [5.41, 5.74) is 0.839. The van der Waals surface area contributed by atoms with Gasteiger partial charge in [-0.05, 0) is 20.8 Å². The highest BCUT2D eigenvalue weighted by Crippen LogP contribution is 2.26. The number of nitriles is 1. The molecule has 0 saturated heterocycles. The van der Waals surface area contributed by atoms with Crippen molar-refractivity contribution in [2.45, 2.75) is 20.8 Å². The van der Waals surface area contributed by atoms with Crippen LogP contribution in [0.1, 0.15) is 19.4 Å². The van der Waals surface area contributed by atoms with Crippen molar-refractivity contribution < 1.29 is 0 Å². The van der Waals surface area contributed by atoms with Gasteiger partial charge in [0.2, 0.25) is 0 Å². The fourth-order valence-electron chi connectivity index (χ4n) is 1.99. The van der Waals surface area contributed by atoms with Crippen LogP contribution in [0.3, 0.4) is 0 Å². The molecule has 0 amide bonds. The van der Waals surface area contributed by atoms with Crippen molar-refractivity contribution in [2.75, 3.05) is 18.0 Å². The molecule has 0 aliphatic carbocycles. The molecule has 6 nitrogen and oxygen atoms in total. The Bertz CT molecular complexity index is 629. The van der Waals surface area contributed by atoms with Crippen LogP contribution in [0.4, 0.5) is 5.82 Å². The van der Waals surface area contributed by atoms with Crippen LogP contribution in [0.25, 0.3) is 5.78 Å². The predicted octanol–water partition coefficient (Wildman–Crippen LogP) is 2.07. The van der Waals surface area contributed by atoms with Crippen molar-refractivity contribution in [3.63, 3.8) is 0 Å². The van der Waals surface area contributed by atoms with Crippen molar-refractivity contribution in [1.29, 1.82) is 5.26 Å². The number of hydrogen-bond acceptors (Lipinski definition) is 5. The molecular weight excluding hydrogens is 264 g/mol. The predicted molar refractivity (Wildman–Crippen MR) is 73.2 cm³/mol. The van der Waals surface area contributed by atoms with Crippen molar-refractivity contribution in [3.8, 4) is 6.07 Å². The molecule has 2 rings (SSSR count). The van der Waals surface area contributed by atoms with Gasteiger partial charge in [-0.15, -0.1) is 0 Å². The maximum atomic E-state index is 8.97. The zero-order valence-electron chi connectivity index (χ0n) is 11.1. The number of nitrogens with zero attached hydrogens (tertiary/aromatic N) is 6. The van der Waals surface area contributed by atoms with Crippen LogP contribution in [0.2, 0.25) is 5.15 Å². The van der Waals surface area contributed by atoms with E-state index in [9.17, 15) is 0 Å². The largest absolute Gasteiger partial charge is 0.355 e. The summed E-state index contributed by atoms with van der Waals surface area (Å²) in [5, 5.41) is 13.6. The molecule has 0 saturated carbocycles. The summed E-state index contributed by atoms with van der Waals surface area (Å²) in [7, 11) is 0. The number of halogens is 1. The molecule has 100 valence electrons. The van der Waals surface area contributed by atoms with Crippen molar-refractivity contribution >= 4 is 23.2 Å². The minimum Gasteiger partial charge on any atom is -0.355 e.